The number of hydrogen-bond donors (Lipinski definition) is 0. The van der Waals surface area contributed by atoms with E-state index in [0.717, 1.165) is 42.4 Å². The van der Waals surface area contributed by atoms with Gasteiger partial charge in [0.25, 0.3) is 0 Å². The van der Waals surface area contributed by atoms with Crippen molar-refractivity contribution in [3.05, 3.63) is 52.5 Å². The van der Waals surface area contributed by atoms with E-state index >= 15 is 0 Å². The molecule has 2 amide bonds. The molecule has 0 saturated carbocycles. The average molecular weight is 456 g/mol. The molecule has 8 heteroatoms. The monoisotopic (exact) mass is 455 g/mol. The second-order valence-corrected chi connectivity index (χ2v) is 9.04. The van der Waals surface area contributed by atoms with Gasteiger partial charge < -0.3 is 19.3 Å². The van der Waals surface area contributed by atoms with Gasteiger partial charge in [0.2, 0.25) is 18.6 Å². The summed E-state index contributed by atoms with van der Waals surface area (Å²) in [7, 11) is 0. The van der Waals surface area contributed by atoms with E-state index in [1.165, 1.54) is 5.56 Å². The molecule has 3 aliphatic heterocycles. The van der Waals surface area contributed by atoms with Gasteiger partial charge in [0.05, 0.1) is 5.92 Å². The highest BCUT2D eigenvalue weighted by Gasteiger charge is 2.38. The number of hydrogen-bond acceptors (Lipinski definition) is 5. The molecule has 0 bridgehead atoms. The molecule has 2 saturated heterocycles. The van der Waals surface area contributed by atoms with Crippen molar-refractivity contribution in [2.24, 2.45) is 5.92 Å². The number of aryl methyl sites for hydroxylation is 1. The van der Waals surface area contributed by atoms with E-state index in [-0.39, 0.29) is 30.9 Å². The van der Waals surface area contributed by atoms with Gasteiger partial charge in [-0.3, -0.25) is 14.5 Å². The molecule has 0 N–H and O–H groups in total. The summed E-state index contributed by atoms with van der Waals surface area (Å²) in [6.45, 7) is 6.37. The number of rotatable bonds is 4. The van der Waals surface area contributed by atoms with Gasteiger partial charge in [-0.15, -0.1) is 0 Å². The van der Waals surface area contributed by atoms with E-state index in [1.54, 1.807) is 11.0 Å². The fourth-order valence-corrected chi connectivity index (χ4v) is 4.73. The largest absolute Gasteiger partial charge is 0.454 e. The van der Waals surface area contributed by atoms with Crippen molar-refractivity contribution >= 4 is 29.1 Å². The minimum atomic E-state index is -0.303. The van der Waals surface area contributed by atoms with E-state index in [4.69, 9.17) is 21.1 Å². The molecular weight excluding hydrogens is 430 g/mol. The Morgan fingerprint density at radius 3 is 2.62 bits per heavy atom. The Kier molecular flexibility index (Phi) is 5.69. The van der Waals surface area contributed by atoms with Gasteiger partial charge >= 0.3 is 0 Å². The maximum atomic E-state index is 13.1. The highest BCUT2D eigenvalue weighted by Crippen LogP contribution is 2.33. The Balaban J connectivity index is 1.16. The Labute approximate surface area is 192 Å². The first-order chi connectivity index (χ1) is 15.5. The molecule has 5 rings (SSSR count). The molecule has 2 fully saturated rings. The quantitative estimate of drug-likeness (QED) is 0.709. The third kappa shape index (κ3) is 4.14. The van der Waals surface area contributed by atoms with Crippen LogP contribution in [0.2, 0.25) is 5.02 Å². The van der Waals surface area contributed by atoms with Crippen LogP contribution < -0.4 is 14.4 Å². The number of ether oxygens (including phenoxy) is 2. The van der Waals surface area contributed by atoms with E-state index < -0.39 is 0 Å². The van der Waals surface area contributed by atoms with Crippen LogP contribution in [0, 0.1) is 12.8 Å². The van der Waals surface area contributed by atoms with Crippen LogP contribution in [0.1, 0.15) is 17.5 Å². The zero-order valence-electron chi connectivity index (χ0n) is 18.1. The van der Waals surface area contributed by atoms with E-state index in [0.29, 0.717) is 24.7 Å². The zero-order chi connectivity index (χ0) is 22.2. The standard InChI is InChI=1S/C24H26ClN3O4/c1-16-2-4-19(12-20(16)25)28-14-18(11-23(28)29)24(30)27-8-6-26(7-9-27)13-17-3-5-21-22(10-17)32-15-31-21/h2-5,10,12,18H,6-9,11,13-15H2,1H3. The lowest BCUT2D eigenvalue weighted by Gasteiger charge is -2.36. The third-order valence-corrected chi connectivity index (χ3v) is 6.88. The molecule has 168 valence electrons. The van der Waals surface area contributed by atoms with Crippen molar-refractivity contribution in [3.8, 4) is 11.5 Å². The number of carbonyl (C=O) groups is 2. The fourth-order valence-electron chi connectivity index (χ4n) is 4.55. The highest BCUT2D eigenvalue weighted by atomic mass is 35.5. The second-order valence-electron chi connectivity index (χ2n) is 8.63. The predicted octanol–water partition coefficient (Wildman–Crippen LogP) is 3.07. The lowest BCUT2D eigenvalue weighted by molar-refractivity contribution is -0.137. The number of carbonyl (C=O) groups excluding carboxylic acids is 2. The van der Waals surface area contributed by atoms with Crippen LogP contribution in [0.5, 0.6) is 11.5 Å². The fraction of sp³-hybridized carbons (Fsp3) is 0.417. The summed E-state index contributed by atoms with van der Waals surface area (Å²) in [4.78, 5) is 31.6. The topological polar surface area (TPSA) is 62.3 Å². The predicted molar refractivity (Wildman–Crippen MR) is 121 cm³/mol. The third-order valence-electron chi connectivity index (χ3n) is 6.47. The number of nitrogens with zero attached hydrogens (tertiary/aromatic N) is 3. The number of fused-ring (bicyclic) bond motifs is 1. The minimum absolute atomic E-state index is 0.0234. The summed E-state index contributed by atoms with van der Waals surface area (Å²) in [6, 6.07) is 11.6. The smallest absolute Gasteiger partial charge is 0.231 e. The van der Waals surface area contributed by atoms with Gasteiger partial charge in [-0.2, -0.15) is 0 Å². The molecule has 32 heavy (non-hydrogen) atoms. The first kappa shape index (κ1) is 21.1. The van der Waals surface area contributed by atoms with Crippen LogP contribution in [0.3, 0.4) is 0 Å². The van der Waals surface area contributed by atoms with Crippen molar-refractivity contribution in [2.45, 2.75) is 19.9 Å². The minimum Gasteiger partial charge on any atom is -0.454 e. The van der Waals surface area contributed by atoms with E-state index in [1.807, 2.05) is 36.1 Å². The molecule has 0 aliphatic carbocycles. The van der Waals surface area contributed by atoms with Crippen molar-refractivity contribution in [1.29, 1.82) is 0 Å². The molecular formula is C24H26ClN3O4. The highest BCUT2D eigenvalue weighted by molar-refractivity contribution is 6.31. The number of benzene rings is 2. The lowest BCUT2D eigenvalue weighted by Crippen LogP contribution is -2.50. The number of halogens is 1. The molecule has 1 unspecified atom stereocenters. The average Bonchev–Trinajstić information content (AvgIpc) is 3.42. The SMILES string of the molecule is Cc1ccc(N2CC(C(=O)N3CCN(Cc4ccc5c(c4)OCO5)CC3)CC2=O)cc1Cl. The number of anilines is 1. The van der Waals surface area contributed by atoms with Gasteiger partial charge in [-0.05, 0) is 42.3 Å². The number of amides is 2. The molecule has 3 aliphatic rings. The van der Waals surface area contributed by atoms with Crippen LogP contribution in [0.15, 0.2) is 36.4 Å². The Bertz CT molecular complexity index is 1050. The van der Waals surface area contributed by atoms with Crippen molar-refractivity contribution < 1.29 is 19.1 Å². The van der Waals surface area contributed by atoms with Gasteiger partial charge in [0.1, 0.15) is 0 Å². The molecule has 7 nitrogen and oxygen atoms in total. The van der Waals surface area contributed by atoms with Gasteiger partial charge in [0.15, 0.2) is 11.5 Å². The first-order valence-electron chi connectivity index (χ1n) is 10.9. The summed E-state index contributed by atoms with van der Waals surface area (Å²) in [5.41, 5.74) is 2.89. The first-order valence-corrected chi connectivity index (χ1v) is 11.3. The van der Waals surface area contributed by atoms with Crippen LogP contribution >= 0.6 is 11.6 Å². The van der Waals surface area contributed by atoms with Gasteiger partial charge in [-0.25, -0.2) is 0 Å². The van der Waals surface area contributed by atoms with Gasteiger partial charge in [-0.1, -0.05) is 23.7 Å². The summed E-state index contributed by atoms with van der Waals surface area (Å²) in [5.74, 6) is 1.33. The van der Waals surface area contributed by atoms with E-state index in [2.05, 4.69) is 11.0 Å². The van der Waals surface area contributed by atoms with E-state index in [9.17, 15) is 9.59 Å². The normalized spacial score (nSPS) is 20.8. The second kappa shape index (κ2) is 8.64. The van der Waals surface area contributed by atoms with Gasteiger partial charge in [0, 0.05) is 56.4 Å². The molecule has 0 spiro atoms. The molecule has 0 aromatic heterocycles. The Hall–Kier alpha value is -2.77. The summed E-state index contributed by atoms with van der Waals surface area (Å²) < 4.78 is 10.8. The van der Waals surface area contributed by atoms with Crippen LogP contribution in [-0.4, -0.2) is 61.1 Å². The van der Waals surface area contributed by atoms with Crippen molar-refractivity contribution in [3.63, 3.8) is 0 Å². The van der Waals surface area contributed by atoms with Crippen LogP contribution in [-0.2, 0) is 16.1 Å². The molecule has 0 radical (unpaired) electrons. The van der Waals surface area contributed by atoms with Crippen LogP contribution in [0.4, 0.5) is 5.69 Å². The zero-order valence-corrected chi connectivity index (χ0v) is 18.8. The molecule has 3 heterocycles. The number of piperazine rings is 1. The lowest BCUT2D eigenvalue weighted by atomic mass is 10.1. The molecule has 1 atom stereocenters. The maximum absolute atomic E-state index is 13.1. The molecule has 2 aromatic rings. The summed E-state index contributed by atoms with van der Waals surface area (Å²) in [6.07, 6.45) is 0.252. The Morgan fingerprint density at radius 2 is 1.84 bits per heavy atom. The van der Waals surface area contributed by atoms with Crippen LogP contribution in [0.25, 0.3) is 0 Å². The van der Waals surface area contributed by atoms with Crippen molar-refractivity contribution in [2.75, 3.05) is 44.4 Å². The molecule has 2 aromatic carbocycles. The maximum Gasteiger partial charge on any atom is 0.231 e. The Morgan fingerprint density at radius 1 is 1.06 bits per heavy atom. The summed E-state index contributed by atoms with van der Waals surface area (Å²) in [5, 5.41) is 0.628. The van der Waals surface area contributed by atoms with Crippen molar-refractivity contribution in [1.82, 2.24) is 9.80 Å². The summed E-state index contributed by atoms with van der Waals surface area (Å²) >= 11 is 6.23.